The van der Waals surface area contributed by atoms with Gasteiger partial charge in [0.1, 0.15) is 0 Å². The van der Waals surface area contributed by atoms with Crippen LogP contribution in [-0.4, -0.2) is 10.8 Å². The maximum atomic E-state index is 6.07. The predicted octanol–water partition coefficient (Wildman–Crippen LogP) is 3.66. The fourth-order valence-electron chi connectivity index (χ4n) is 1.71. The van der Waals surface area contributed by atoms with Crippen LogP contribution in [0.5, 0.6) is 0 Å². The third-order valence-corrected chi connectivity index (χ3v) is 3.81. The first-order chi connectivity index (χ1) is 5.11. The Morgan fingerprint density at radius 1 is 1.09 bits per heavy atom. The van der Waals surface area contributed by atoms with Crippen LogP contribution in [0.4, 0.5) is 0 Å². The van der Waals surface area contributed by atoms with E-state index in [2.05, 4.69) is 13.8 Å². The van der Waals surface area contributed by atoms with Gasteiger partial charge in [0, 0.05) is 5.38 Å². The molecule has 3 unspecified atom stereocenters. The summed E-state index contributed by atoms with van der Waals surface area (Å²) in [5.41, 5.74) is 0. The summed E-state index contributed by atoms with van der Waals surface area (Å²) < 4.78 is 0. The molecule has 1 aliphatic carbocycles. The van der Waals surface area contributed by atoms with E-state index in [9.17, 15) is 0 Å². The minimum atomic E-state index is 0.206. The monoisotopic (exact) mass is 194 g/mol. The van der Waals surface area contributed by atoms with Crippen LogP contribution in [0.25, 0.3) is 0 Å². The summed E-state index contributed by atoms with van der Waals surface area (Å²) in [6.07, 6.45) is 3.46. The second-order valence-corrected chi connectivity index (χ2v) is 4.97. The van der Waals surface area contributed by atoms with Crippen LogP contribution in [0.3, 0.4) is 0 Å². The minimum Gasteiger partial charge on any atom is -0.121 e. The molecule has 0 spiro atoms. The Kier molecular flexibility index (Phi) is 3.52. The first-order valence-corrected chi connectivity index (χ1v) is 5.26. The van der Waals surface area contributed by atoms with Crippen molar-refractivity contribution in [2.24, 2.45) is 11.8 Å². The molecule has 2 heteroatoms. The number of halogens is 2. The lowest BCUT2D eigenvalue weighted by atomic mass is 9.81. The normalized spacial score (nSPS) is 39.5. The summed E-state index contributed by atoms with van der Waals surface area (Å²) in [6.45, 7) is 4.53. The molecule has 1 aliphatic rings. The van der Waals surface area contributed by atoms with Crippen LogP contribution < -0.4 is 0 Å². The van der Waals surface area contributed by atoms with Crippen molar-refractivity contribution >= 4 is 23.2 Å². The molecule has 1 rings (SSSR count). The zero-order valence-corrected chi connectivity index (χ0v) is 8.70. The standard InChI is InChI=1S/C9H16Cl2/c1-6(2)7-3-4-8(10)9(11)5-7/h6-9H,3-5H2,1-2H3. The third kappa shape index (κ3) is 2.52. The molecule has 0 nitrogen and oxygen atoms in total. The van der Waals surface area contributed by atoms with E-state index in [0.29, 0.717) is 0 Å². The molecule has 0 aliphatic heterocycles. The minimum absolute atomic E-state index is 0.206. The Hall–Kier alpha value is 0.580. The second kappa shape index (κ2) is 4.00. The van der Waals surface area contributed by atoms with E-state index in [-0.39, 0.29) is 10.8 Å². The van der Waals surface area contributed by atoms with E-state index in [4.69, 9.17) is 23.2 Å². The van der Waals surface area contributed by atoms with Gasteiger partial charge in [-0.15, -0.1) is 23.2 Å². The van der Waals surface area contributed by atoms with Gasteiger partial charge < -0.3 is 0 Å². The zero-order chi connectivity index (χ0) is 8.43. The van der Waals surface area contributed by atoms with Crippen LogP contribution in [0.15, 0.2) is 0 Å². The fraction of sp³-hybridized carbons (Fsp3) is 1.00. The van der Waals surface area contributed by atoms with Crippen LogP contribution >= 0.6 is 23.2 Å². The number of rotatable bonds is 1. The molecular formula is C9H16Cl2. The highest BCUT2D eigenvalue weighted by Gasteiger charge is 2.28. The van der Waals surface area contributed by atoms with Crippen molar-refractivity contribution in [3.05, 3.63) is 0 Å². The van der Waals surface area contributed by atoms with Crippen LogP contribution in [-0.2, 0) is 0 Å². The van der Waals surface area contributed by atoms with Gasteiger partial charge in [0.2, 0.25) is 0 Å². The van der Waals surface area contributed by atoms with Gasteiger partial charge in [-0.25, -0.2) is 0 Å². The lowest BCUT2D eigenvalue weighted by molar-refractivity contribution is 0.285. The van der Waals surface area contributed by atoms with Gasteiger partial charge in [-0.2, -0.15) is 0 Å². The van der Waals surface area contributed by atoms with Crippen molar-refractivity contribution < 1.29 is 0 Å². The van der Waals surface area contributed by atoms with Gasteiger partial charge in [0.05, 0.1) is 5.38 Å². The summed E-state index contributed by atoms with van der Waals surface area (Å²) in [5, 5.41) is 0.421. The van der Waals surface area contributed by atoms with Gasteiger partial charge in [0.15, 0.2) is 0 Å². The summed E-state index contributed by atoms with van der Waals surface area (Å²) in [5.74, 6) is 1.56. The van der Waals surface area contributed by atoms with Gasteiger partial charge in [-0.05, 0) is 31.1 Å². The van der Waals surface area contributed by atoms with Crippen LogP contribution in [0.2, 0.25) is 0 Å². The molecule has 0 aromatic carbocycles. The molecular weight excluding hydrogens is 179 g/mol. The fourth-order valence-corrected chi connectivity index (χ4v) is 2.30. The van der Waals surface area contributed by atoms with E-state index in [0.717, 1.165) is 24.7 Å². The topological polar surface area (TPSA) is 0 Å². The molecule has 1 fully saturated rings. The highest BCUT2D eigenvalue weighted by Crippen LogP contribution is 2.35. The molecule has 0 saturated heterocycles. The van der Waals surface area contributed by atoms with Crippen molar-refractivity contribution in [3.8, 4) is 0 Å². The van der Waals surface area contributed by atoms with E-state index < -0.39 is 0 Å². The molecule has 0 bridgehead atoms. The van der Waals surface area contributed by atoms with E-state index in [1.165, 1.54) is 6.42 Å². The third-order valence-electron chi connectivity index (χ3n) is 2.68. The molecule has 0 amide bonds. The van der Waals surface area contributed by atoms with Crippen molar-refractivity contribution in [1.82, 2.24) is 0 Å². The lowest BCUT2D eigenvalue weighted by Gasteiger charge is -2.31. The quantitative estimate of drug-likeness (QED) is 0.560. The molecule has 11 heavy (non-hydrogen) atoms. The highest BCUT2D eigenvalue weighted by molar-refractivity contribution is 6.30. The molecule has 0 heterocycles. The van der Waals surface area contributed by atoms with E-state index in [1.807, 2.05) is 0 Å². The van der Waals surface area contributed by atoms with E-state index in [1.54, 1.807) is 0 Å². The maximum Gasteiger partial charge on any atom is 0.0502 e. The summed E-state index contributed by atoms with van der Waals surface area (Å²) in [6, 6.07) is 0. The molecule has 66 valence electrons. The first kappa shape index (κ1) is 9.67. The summed E-state index contributed by atoms with van der Waals surface area (Å²) in [7, 11) is 0. The molecule has 0 radical (unpaired) electrons. The van der Waals surface area contributed by atoms with Crippen molar-refractivity contribution in [2.75, 3.05) is 0 Å². The Bertz CT molecular complexity index is 123. The Morgan fingerprint density at radius 3 is 2.18 bits per heavy atom. The summed E-state index contributed by atoms with van der Waals surface area (Å²) in [4.78, 5) is 0. The highest BCUT2D eigenvalue weighted by atomic mass is 35.5. The van der Waals surface area contributed by atoms with E-state index >= 15 is 0 Å². The molecule has 0 N–H and O–H groups in total. The number of alkyl halides is 2. The second-order valence-electron chi connectivity index (χ2n) is 3.85. The molecule has 1 saturated carbocycles. The number of hydrogen-bond donors (Lipinski definition) is 0. The summed E-state index contributed by atoms with van der Waals surface area (Å²) >= 11 is 12.1. The predicted molar refractivity (Wildman–Crippen MR) is 51.5 cm³/mol. The van der Waals surface area contributed by atoms with Gasteiger partial charge in [0.25, 0.3) is 0 Å². The number of hydrogen-bond acceptors (Lipinski definition) is 0. The molecule has 0 aromatic heterocycles. The Morgan fingerprint density at radius 2 is 1.73 bits per heavy atom. The Labute approximate surface area is 79.3 Å². The Balaban J connectivity index is 2.40. The van der Waals surface area contributed by atoms with Crippen molar-refractivity contribution in [1.29, 1.82) is 0 Å². The van der Waals surface area contributed by atoms with Crippen molar-refractivity contribution in [2.45, 2.75) is 43.9 Å². The lowest BCUT2D eigenvalue weighted by Crippen LogP contribution is -2.28. The molecule has 3 atom stereocenters. The smallest absolute Gasteiger partial charge is 0.0502 e. The maximum absolute atomic E-state index is 6.07. The van der Waals surface area contributed by atoms with Crippen LogP contribution in [0, 0.1) is 11.8 Å². The SMILES string of the molecule is CC(C)C1CCC(Cl)C(Cl)C1. The zero-order valence-electron chi connectivity index (χ0n) is 7.19. The van der Waals surface area contributed by atoms with Crippen LogP contribution in [0.1, 0.15) is 33.1 Å². The first-order valence-electron chi connectivity index (χ1n) is 4.39. The molecule has 0 aromatic rings. The van der Waals surface area contributed by atoms with Gasteiger partial charge in [-0.1, -0.05) is 13.8 Å². The van der Waals surface area contributed by atoms with Crippen molar-refractivity contribution in [3.63, 3.8) is 0 Å². The average Bonchev–Trinajstić information content (AvgIpc) is 1.94. The van der Waals surface area contributed by atoms with Gasteiger partial charge in [-0.3, -0.25) is 0 Å². The average molecular weight is 195 g/mol. The van der Waals surface area contributed by atoms with Gasteiger partial charge >= 0.3 is 0 Å². The largest absolute Gasteiger partial charge is 0.121 e.